The van der Waals surface area contributed by atoms with Crippen molar-refractivity contribution in [3.05, 3.63) is 71.1 Å². The number of hydrogen-bond donors (Lipinski definition) is 0. The zero-order chi connectivity index (χ0) is 21.6. The Morgan fingerprint density at radius 2 is 1.65 bits per heavy atom. The van der Waals surface area contributed by atoms with Crippen LogP contribution in [0, 0.1) is 6.92 Å². The van der Waals surface area contributed by atoms with Crippen molar-refractivity contribution in [1.82, 2.24) is 19.9 Å². The Morgan fingerprint density at radius 3 is 2.32 bits per heavy atom. The summed E-state index contributed by atoms with van der Waals surface area (Å²) in [5, 5.41) is 4.11. The van der Waals surface area contributed by atoms with Gasteiger partial charge in [0.25, 0.3) is 0 Å². The van der Waals surface area contributed by atoms with Crippen molar-refractivity contribution >= 4 is 5.91 Å². The minimum absolute atomic E-state index is 0.235. The highest BCUT2D eigenvalue weighted by Gasteiger charge is 2.22. The lowest BCUT2D eigenvalue weighted by Crippen LogP contribution is -2.48. The van der Waals surface area contributed by atoms with Gasteiger partial charge in [0.2, 0.25) is 17.6 Å². The lowest BCUT2D eigenvalue weighted by Gasteiger charge is -2.34. The average Bonchev–Trinajstić information content (AvgIpc) is 3.27. The van der Waals surface area contributed by atoms with Gasteiger partial charge in [0.05, 0.1) is 6.54 Å². The van der Waals surface area contributed by atoms with Crippen molar-refractivity contribution in [2.75, 3.05) is 26.2 Å². The molecule has 0 saturated carbocycles. The number of carbonyl (C=O) groups excluding carboxylic acids is 1. The Hall–Kier alpha value is -2.99. The fourth-order valence-corrected chi connectivity index (χ4v) is 3.84. The van der Waals surface area contributed by atoms with Crippen LogP contribution >= 0.6 is 0 Å². The molecule has 1 saturated heterocycles. The third-order valence-corrected chi connectivity index (χ3v) is 5.92. The summed E-state index contributed by atoms with van der Waals surface area (Å²) in [6.07, 6.45) is 2.40. The Kier molecular flexibility index (Phi) is 6.77. The summed E-state index contributed by atoms with van der Waals surface area (Å²) in [6, 6.07) is 16.7. The number of piperazine rings is 1. The summed E-state index contributed by atoms with van der Waals surface area (Å²) in [7, 11) is 0. The lowest BCUT2D eigenvalue weighted by atomic mass is 10.1. The molecule has 0 N–H and O–H groups in total. The molecule has 3 aromatic rings. The molecule has 0 atom stereocenters. The number of amides is 1. The quantitative estimate of drug-likeness (QED) is 0.583. The molecule has 6 heteroatoms. The number of aryl methyl sites for hydroxylation is 3. The summed E-state index contributed by atoms with van der Waals surface area (Å²) in [5.41, 5.74) is 4.72. The van der Waals surface area contributed by atoms with Gasteiger partial charge in [-0.25, -0.2) is 0 Å². The van der Waals surface area contributed by atoms with E-state index in [1.165, 1.54) is 16.7 Å². The van der Waals surface area contributed by atoms with Crippen molar-refractivity contribution < 1.29 is 9.32 Å². The first-order valence-electron chi connectivity index (χ1n) is 11.1. The molecule has 4 rings (SSSR count). The minimum atomic E-state index is 0.235. The molecule has 1 fully saturated rings. The van der Waals surface area contributed by atoms with Crippen LogP contribution in [0.2, 0.25) is 0 Å². The van der Waals surface area contributed by atoms with E-state index < -0.39 is 0 Å². The summed E-state index contributed by atoms with van der Waals surface area (Å²) in [6.45, 7) is 7.95. The van der Waals surface area contributed by atoms with Crippen LogP contribution in [-0.2, 0) is 24.2 Å². The highest BCUT2D eigenvalue weighted by atomic mass is 16.5. The van der Waals surface area contributed by atoms with Gasteiger partial charge in [0, 0.05) is 38.2 Å². The molecule has 1 aromatic heterocycles. The zero-order valence-corrected chi connectivity index (χ0v) is 18.4. The topological polar surface area (TPSA) is 62.5 Å². The second-order valence-electron chi connectivity index (χ2n) is 8.20. The van der Waals surface area contributed by atoms with Gasteiger partial charge in [-0.3, -0.25) is 9.69 Å². The maximum absolute atomic E-state index is 12.6. The smallest absolute Gasteiger partial charge is 0.241 e. The van der Waals surface area contributed by atoms with Crippen molar-refractivity contribution in [2.24, 2.45) is 0 Å². The van der Waals surface area contributed by atoms with E-state index in [1.54, 1.807) is 0 Å². The van der Waals surface area contributed by atoms with Gasteiger partial charge in [0.1, 0.15) is 0 Å². The van der Waals surface area contributed by atoms with E-state index in [2.05, 4.69) is 53.2 Å². The number of hydrogen-bond acceptors (Lipinski definition) is 5. The number of carbonyl (C=O) groups is 1. The maximum Gasteiger partial charge on any atom is 0.241 e. The predicted molar refractivity (Wildman–Crippen MR) is 120 cm³/mol. The van der Waals surface area contributed by atoms with E-state index in [9.17, 15) is 4.79 Å². The SMILES string of the molecule is CCc1ccc(CCC(=O)N2CCN(Cc3nc(-c4ccc(C)cc4)no3)CC2)cc1. The second kappa shape index (κ2) is 9.88. The molecule has 31 heavy (non-hydrogen) atoms. The van der Waals surface area contributed by atoms with Crippen LogP contribution in [0.15, 0.2) is 53.1 Å². The number of nitrogens with zero attached hydrogens (tertiary/aromatic N) is 4. The number of benzene rings is 2. The summed E-state index contributed by atoms with van der Waals surface area (Å²) in [5.74, 6) is 1.47. The minimum Gasteiger partial charge on any atom is -0.340 e. The molecular weight excluding hydrogens is 388 g/mol. The monoisotopic (exact) mass is 418 g/mol. The van der Waals surface area contributed by atoms with E-state index in [1.807, 2.05) is 29.2 Å². The van der Waals surface area contributed by atoms with Crippen LogP contribution < -0.4 is 0 Å². The van der Waals surface area contributed by atoms with Crippen molar-refractivity contribution in [2.45, 2.75) is 39.7 Å². The van der Waals surface area contributed by atoms with Crippen molar-refractivity contribution in [3.63, 3.8) is 0 Å². The van der Waals surface area contributed by atoms with Crippen LogP contribution in [-0.4, -0.2) is 52.0 Å². The summed E-state index contributed by atoms with van der Waals surface area (Å²) in [4.78, 5) is 21.4. The molecule has 0 aliphatic carbocycles. The fourth-order valence-electron chi connectivity index (χ4n) is 3.84. The van der Waals surface area contributed by atoms with E-state index in [0.29, 0.717) is 24.7 Å². The molecule has 0 bridgehead atoms. The molecule has 162 valence electrons. The molecule has 0 spiro atoms. The van der Waals surface area contributed by atoms with E-state index >= 15 is 0 Å². The van der Waals surface area contributed by atoms with Gasteiger partial charge in [-0.15, -0.1) is 0 Å². The van der Waals surface area contributed by atoms with Gasteiger partial charge < -0.3 is 9.42 Å². The van der Waals surface area contributed by atoms with Crippen LogP contribution in [0.3, 0.4) is 0 Å². The van der Waals surface area contributed by atoms with Gasteiger partial charge >= 0.3 is 0 Å². The Labute approximate surface area is 183 Å². The standard InChI is InChI=1S/C25H30N4O2/c1-3-20-6-8-21(9-7-20)10-13-24(30)29-16-14-28(15-17-29)18-23-26-25(27-31-23)22-11-4-19(2)5-12-22/h4-9,11-12H,3,10,13-18H2,1-2H3. The Morgan fingerprint density at radius 1 is 0.968 bits per heavy atom. The van der Waals surface area contributed by atoms with Gasteiger partial charge in [0.15, 0.2) is 0 Å². The first kappa shape index (κ1) is 21.2. The molecule has 1 amide bonds. The Bertz CT molecular complexity index is 987. The summed E-state index contributed by atoms with van der Waals surface area (Å²) >= 11 is 0. The average molecular weight is 419 g/mol. The molecule has 2 aromatic carbocycles. The maximum atomic E-state index is 12.6. The highest BCUT2D eigenvalue weighted by molar-refractivity contribution is 5.76. The molecule has 2 heterocycles. The Balaban J connectivity index is 1.23. The molecule has 1 aliphatic rings. The highest BCUT2D eigenvalue weighted by Crippen LogP contribution is 2.17. The molecule has 6 nitrogen and oxygen atoms in total. The van der Waals surface area contributed by atoms with E-state index in [-0.39, 0.29) is 5.91 Å². The third-order valence-electron chi connectivity index (χ3n) is 5.92. The number of rotatable bonds is 7. The zero-order valence-electron chi connectivity index (χ0n) is 18.4. The molecule has 1 aliphatic heterocycles. The lowest BCUT2D eigenvalue weighted by molar-refractivity contribution is -0.133. The third kappa shape index (κ3) is 5.58. The van der Waals surface area contributed by atoms with Crippen LogP contribution in [0.5, 0.6) is 0 Å². The van der Waals surface area contributed by atoms with Crippen LogP contribution in [0.25, 0.3) is 11.4 Å². The number of aromatic nitrogens is 2. The molecular formula is C25H30N4O2. The van der Waals surface area contributed by atoms with Gasteiger partial charge in [-0.05, 0) is 30.9 Å². The van der Waals surface area contributed by atoms with E-state index in [4.69, 9.17) is 4.52 Å². The van der Waals surface area contributed by atoms with Crippen molar-refractivity contribution in [1.29, 1.82) is 0 Å². The largest absolute Gasteiger partial charge is 0.340 e. The molecule has 0 radical (unpaired) electrons. The van der Waals surface area contributed by atoms with Crippen molar-refractivity contribution in [3.8, 4) is 11.4 Å². The van der Waals surface area contributed by atoms with E-state index in [0.717, 1.165) is 44.6 Å². The first-order valence-corrected chi connectivity index (χ1v) is 11.1. The van der Waals surface area contributed by atoms with Crippen LogP contribution in [0.4, 0.5) is 0 Å². The van der Waals surface area contributed by atoms with Gasteiger partial charge in [-0.2, -0.15) is 4.98 Å². The second-order valence-corrected chi connectivity index (χ2v) is 8.20. The summed E-state index contributed by atoms with van der Waals surface area (Å²) < 4.78 is 5.45. The van der Waals surface area contributed by atoms with Gasteiger partial charge in [-0.1, -0.05) is 66.2 Å². The first-order chi connectivity index (χ1) is 15.1. The fraction of sp³-hybridized carbons (Fsp3) is 0.400. The van der Waals surface area contributed by atoms with Crippen LogP contribution in [0.1, 0.15) is 35.9 Å². The predicted octanol–water partition coefficient (Wildman–Crippen LogP) is 3.88. The molecule has 0 unspecified atom stereocenters. The normalized spacial score (nSPS) is 14.7.